The normalized spacial score (nSPS) is 12.7. The first-order valence-electron chi connectivity index (χ1n) is 14.6. The molecule has 3 aromatic heterocycles. The molecule has 0 radical (unpaired) electrons. The van der Waals surface area contributed by atoms with E-state index in [1.807, 2.05) is 44.2 Å². The van der Waals surface area contributed by atoms with Gasteiger partial charge < -0.3 is 19.2 Å². The van der Waals surface area contributed by atoms with Crippen molar-refractivity contribution in [2.75, 3.05) is 5.32 Å². The van der Waals surface area contributed by atoms with E-state index < -0.39 is 29.3 Å². The molecule has 0 aliphatic rings. The van der Waals surface area contributed by atoms with Gasteiger partial charge in [0.05, 0.1) is 28.3 Å². The molecule has 234 valence electrons. The van der Waals surface area contributed by atoms with Gasteiger partial charge in [-0.3, -0.25) is 4.79 Å². The number of anilines is 1. The molecule has 0 fully saturated rings. The minimum Gasteiger partial charge on any atom is -0.455 e. The minimum atomic E-state index is -0.746. The van der Waals surface area contributed by atoms with Gasteiger partial charge in [-0.1, -0.05) is 35.9 Å². The lowest BCUT2D eigenvalue weighted by atomic mass is 10.0. The fourth-order valence-electron chi connectivity index (χ4n) is 5.07. The quantitative estimate of drug-likeness (QED) is 0.152. The molecule has 0 saturated carbocycles. The van der Waals surface area contributed by atoms with E-state index in [0.717, 1.165) is 10.9 Å². The first-order chi connectivity index (χ1) is 21.0. The van der Waals surface area contributed by atoms with E-state index in [-0.39, 0.29) is 22.0 Å². The molecule has 2 aromatic carbocycles. The number of carbonyl (C=O) groups is 2. The molecule has 0 saturated heterocycles. The van der Waals surface area contributed by atoms with Crippen molar-refractivity contribution in [1.29, 1.82) is 0 Å². The lowest BCUT2D eigenvalue weighted by molar-refractivity contribution is 0.00637. The number of pyridine rings is 1. The molecule has 9 nitrogen and oxygen atoms in total. The number of rotatable bonds is 5. The van der Waals surface area contributed by atoms with E-state index in [9.17, 15) is 14.4 Å². The first-order valence-corrected chi connectivity index (χ1v) is 15.0. The number of nitrogens with one attached hydrogen (secondary N) is 1. The molecule has 45 heavy (non-hydrogen) atoms. The molecule has 1 unspecified atom stereocenters. The lowest BCUT2D eigenvalue weighted by Crippen LogP contribution is -2.27. The van der Waals surface area contributed by atoms with Gasteiger partial charge >= 0.3 is 12.1 Å². The summed E-state index contributed by atoms with van der Waals surface area (Å²) in [6, 6.07) is 17.0. The SMILES string of the molecule is Cc1cc(C(C)Nc2ccc(Cl)nc2C(=O)OC(C)(C)C)c2oc(-c3cc4ccccc4n3C(=O)OC(C)(C)C)cc(=O)c2c1. The van der Waals surface area contributed by atoms with E-state index in [0.29, 0.717) is 33.4 Å². The van der Waals surface area contributed by atoms with E-state index >= 15 is 0 Å². The van der Waals surface area contributed by atoms with E-state index in [1.165, 1.54) is 10.6 Å². The molecule has 0 amide bonds. The number of halogens is 1. The van der Waals surface area contributed by atoms with Crippen molar-refractivity contribution in [1.82, 2.24) is 9.55 Å². The summed E-state index contributed by atoms with van der Waals surface area (Å²) in [5, 5.41) is 4.64. The Hall–Kier alpha value is -4.63. The fraction of sp³-hybridized carbons (Fsp3) is 0.314. The van der Waals surface area contributed by atoms with Crippen LogP contribution in [-0.4, -0.2) is 32.8 Å². The van der Waals surface area contributed by atoms with Gasteiger partial charge in [0.2, 0.25) is 0 Å². The highest BCUT2D eigenvalue weighted by Crippen LogP contribution is 2.34. The zero-order valence-corrected chi connectivity index (χ0v) is 27.3. The second-order valence-electron chi connectivity index (χ2n) is 13.0. The zero-order chi connectivity index (χ0) is 32.8. The van der Waals surface area contributed by atoms with Crippen molar-refractivity contribution < 1.29 is 23.5 Å². The summed E-state index contributed by atoms with van der Waals surface area (Å²) in [6.45, 7) is 14.5. The number of nitrogens with zero attached hydrogens (tertiary/aromatic N) is 2. The summed E-state index contributed by atoms with van der Waals surface area (Å²) in [6.07, 6.45) is -0.592. The molecule has 5 aromatic rings. The number of hydrogen-bond donors (Lipinski definition) is 1. The Morgan fingerprint density at radius 3 is 2.33 bits per heavy atom. The van der Waals surface area contributed by atoms with Gasteiger partial charge in [-0.05, 0) is 91.3 Å². The van der Waals surface area contributed by atoms with Crippen LogP contribution in [0.1, 0.15) is 76.1 Å². The van der Waals surface area contributed by atoms with Crippen molar-refractivity contribution >= 4 is 51.2 Å². The Labute approximate surface area is 266 Å². The Kier molecular flexibility index (Phi) is 8.27. The van der Waals surface area contributed by atoms with Gasteiger partial charge in [0.25, 0.3) is 0 Å². The molecule has 10 heteroatoms. The van der Waals surface area contributed by atoms with Crippen LogP contribution in [0.15, 0.2) is 69.9 Å². The predicted molar refractivity (Wildman–Crippen MR) is 176 cm³/mol. The maximum absolute atomic E-state index is 13.6. The summed E-state index contributed by atoms with van der Waals surface area (Å²) >= 11 is 6.15. The van der Waals surface area contributed by atoms with Crippen LogP contribution in [-0.2, 0) is 9.47 Å². The number of ether oxygens (including phenoxy) is 2. The molecular weight excluding hydrogens is 594 g/mol. The summed E-state index contributed by atoms with van der Waals surface area (Å²) in [5.74, 6) is -0.424. The standard InChI is InChI=1S/C35H36ClN3O6/c1-19-15-22(20(2)37-24-13-14-29(36)38-30(24)32(41)44-34(3,4)5)31-23(16-19)27(40)18-28(43-31)26-17-21-11-9-10-12-25(21)39(26)33(42)45-35(6,7)8/h9-18,20,37H,1-8H3. The smallest absolute Gasteiger partial charge is 0.419 e. The van der Waals surface area contributed by atoms with E-state index in [1.54, 1.807) is 65.8 Å². The maximum Gasteiger partial charge on any atom is 0.419 e. The molecule has 1 N–H and O–H groups in total. The largest absolute Gasteiger partial charge is 0.455 e. The van der Waals surface area contributed by atoms with Gasteiger partial charge in [-0.15, -0.1) is 0 Å². The third-order valence-corrected chi connectivity index (χ3v) is 7.04. The Balaban J connectivity index is 1.64. The van der Waals surface area contributed by atoms with Crippen molar-refractivity contribution in [3.63, 3.8) is 0 Å². The zero-order valence-electron chi connectivity index (χ0n) is 26.6. The van der Waals surface area contributed by atoms with Crippen LogP contribution in [0.3, 0.4) is 0 Å². The number of carbonyl (C=O) groups excluding carboxylic acids is 2. The molecule has 5 rings (SSSR count). The van der Waals surface area contributed by atoms with Crippen LogP contribution in [0.2, 0.25) is 5.15 Å². The van der Waals surface area contributed by atoms with Crippen LogP contribution in [0.5, 0.6) is 0 Å². The van der Waals surface area contributed by atoms with Crippen molar-refractivity contribution in [2.24, 2.45) is 0 Å². The third-order valence-electron chi connectivity index (χ3n) is 6.83. The van der Waals surface area contributed by atoms with E-state index in [4.69, 9.17) is 25.5 Å². The Morgan fingerprint density at radius 1 is 0.956 bits per heavy atom. The summed E-state index contributed by atoms with van der Waals surface area (Å²) in [4.78, 5) is 44.3. The van der Waals surface area contributed by atoms with Crippen molar-refractivity contribution in [2.45, 2.75) is 72.6 Å². The van der Waals surface area contributed by atoms with Crippen molar-refractivity contribution in [3.05, 3.63) is 92.9 Å². The fourth-order valence-corrected chi connectivity index (χ4v) is 5.22. The maximum atomic E-state index is 13.6. The van der Waals surface area contributed by atoms with E-state index in [2.05, 4.69) is 10.3 Å². The number of para-hydroxylation sites is 1. The monoisotopic (exact) mass is 629 g/mol. The highest BCUT2D eigenvalue weighted by atomic mass is 35.5. The average Bonchev–Trinajstić information content (AvgIpc) is 3.32. The predicted octanol–water partition coefficient (Wildman–Crippen LogP) is 8.68. The number of benzene rings is 2. The van der Waals surface area contributed by atoms with Crippen molar-refractivity contribution in [3.8, 4) is 11.5 Å². The van der Waals surface area contributed by atoms with Gasteiger partial charge in [-0.25, -0.2) is 19.1 Å². The summed E-state index contributed by atoms with van der Waals surface area (Å²) < 4.78 is 19.2. The molecule has 3 heterocycles. The molecule has 1 atom stereocenters. The van der Waals surface area contributed by atoms with Gasteiger partial charge in [0.15, 0.2) is 16.9 Å². The summed E-state index contributed by atoms with van der Waals surface area (Å²) in [7, 11) is 0. The van der Waals surface area contributed by atoms with Gasteiger partial charge in [0, 0.05) is 17.0 Å². The van der Waals surface area contributed by atoms with Crippen LogP contribution in [0, 0.1) is 6.92 Å². The van der Waals surface area contributed by atoms with Crippen LogP contribution in [0.4, 0.5) is 10.5 Å². The van der Waals surface area contributed by atoms with Gasteiger partial charge in [0.1, 0.15) is 21.9 Å². The van der Waals surface area contributed by atoms with Gasteiger partial charge in [-0.2, -0.15) is 0 Å². The second-order valence-corrected chi connectivity index (χ2v) is 13.4. The van der Waals surface area contributed by atoms with Crippen LogP contribution in [0.25, 0.3) is 33.3 Å². The lowest BCUT2D eigenvalue weighted by Gasteiger charge is -2.22. The topological polar surface area (TPSA) is 113 Å². The molecule has 0 bridgehead atoms. The number of aryl methyl sites for hydroxylation is 1. The number of aromatic nitrogens is 2. The van der Waals surface area contributed by atoms with Crippen LogP contribution >= 0.6 is 11.6 Å². The number of fused-ring (bicyclic) bond motifs is 2. The Bertz CT molecular complexity index is 2010. The molecule has 0 aliphatic heterocycles. The first kappa shape index (κ1) is 31.8. The average molecular weight is 630 g/mol. The number of esters is 1. The molecule has 0 spiro atoms. The highest BCUT2D eigenvalue weighted by Gasteiger charge is 2.26. The summed E-state index contributed by atoms with van der Waals surface area (Å²) in [5.41, 5.74) is 1.52. The highest BCUT2D eigenvalue weighted by molar-refractivity contribution is 6.29. The third kappa shape index (κ3) is 6.88. The molecular formula is C35H36ClN3O6. The molecule has 0 aliphatic carbocycles. The van der Waals surface area contributed by atoms with Crippen LogP contribution < -0.4 is 10.7 Å². The number of hydrogen-bond acceptors (Lipinski definition) is 8. The second kappa shape index (κ2) is 11.7. The Morgan fingerprint density at radius 2 is 1.64 bits per heavy atom. The minimum absolute atomic E-state index is 0.0326.